The van der Waals surface area contributed by atoms with Crippen LogP contribution < -0.4 is 5.32 Å². The molecule has 0 aromatic carbocycles. The molecule has 1 saturated heterocycles. The Hall–Kier alpha value is -0.120. The number of nitrogens with zero attached hydrogens (tertiary/aromatic N) is 1. The summed E-state index contributed by atoms with van der Waals surface area (Å²) in [5.41, 5.74) is 0. The highest BCUT2D eigenvalue weighted by atomic mass is 16.5. The van der Waals surface area contributed by atoms with E-state index >= 15 is 0 Å². The van der Waals surface area contributed by atoms with Gasteiger partial charge in [0, 0.05) is 38.3 Å². The first-order valence-electron chi connectivity index (χ1n) is 7.81. The van der Waals surface area contributed by atoms with Crippen molar-refractivity contribution in [2.45, 2.75) is 52.1 Å². The summed E-state index contributed by atoms with van der Waals surface area (Å²) in [7, 11) is 0. The maximum atomic E-state index is 5.55. The van der Waals surface area contributed by atoms with Crippen LogP contribution in [-0.2, 0) is 4.74 Å². The molecule has 1 aliphatic heterocycles. The summed E-state index contributed by atoms with van der Waals surface area (Å²) in [6.07, 6.45) is 4.14. The van der Waals surface area contributed by atoms with E-state index < -0.39 is 0 Å². The van der Waals surface area contributed by atoms with E-state index in [-0.39, 0.29) is 0 Å². The first-order valence-corrected chi connectivity index (χ1v) is 7.81. The normalized spacial score (nSPS) is 31.5. The molecule has 0 aromatic heterocycles. The van der Waals surface area contributed by atoms with E-state index in [0.29, 0.717) is 6.04 Å². The highest BCUT2D eigenvalue weighted by molar-refractivity contribution is 4.95. The minimum absolute atomic E-state index is 0.699. The molecule has 18 heavy (non-hydrogen) atoms. The molecular weight excluding hydrogens is 224 g/mol. The quantitative estimate of drug-likeness (QED) is 0.704. The van der Waals surface area contributed by atoms with Crippen LogP contribution in [0.4, 0.5) is 0 Å². The summed E-state index contributed by atoms with van der Waals surface area (Å²) in [6.45, 7) is 12.0. The van der Waals surface area contributed by atoms with Gasteiger partial charge in [-0.3, -0.25) is 4.90 Å². The van der Waals surface area contributed by atoms with Gasteiger partial charge in [-0.2, -0.15) is 0 Å². The van der Waals surface area contributed by atoms with Gasteiger partial charge in [0.15, 0.2) is 0 Å². The van der Waals surface area contributed by atoms with Crippen LogP contribution in [-0.4, -0.2) is 49.8 Å². The third-order valence-electron chi connectivity index (χ3n) is 4.71. The zero-order valence-corrected chi connectivity index (χ0v) is 12.3. The Balaban J connectivity index is 1.87. The molecule has 0 radical (unpaired) electrons. The van der Waals surface area contributed by atoms with Gasteiger partial charge in [0.25, 0.3) is 0 Å². The predicted octanol–water partition coefficient (Wildman–Crippen LogP) is 2.12. The molecule has 2 fully saturated rings. The minimum Gasteiger partial charge on any atom is -0.380 e. The van der Waals surface area contributed by atoms with Gasteiger partial charge in [0.2, 0.25) is 0 Å². The zero-order valence-electron chi connectivity index (χ0n) is 12.3. The van der Waals surface area contributed by atoms with Gasteiger partial charge in [0.05, 0.1) is 6.61 Å². The molecule has 1 heterocycles. The van der Waals surface area contributed by atoms with Gasteiger partial charge in [0.1, 0.15) is 0 Å². The Morgan fingerprint density at radius 2 is 2.11 bits per heavy atom. The first-order chi connectivity index (χ1) is 8.76. The molecule has 3 nitrogen and oxygen atoms in total. The molecule has 3 heteroatoms. The lowest BCUT2D eigenvalue weighted by Crippen LogP contribution is -2.59. The van der Waals surface area contributed by atoms with Crippen molar-refractivity contribution in [3.63, 3.8) is 0 Å². The fourth-order valence-electron chi connectivity index (χ4n) is 3.08. The minimum atomic E-state index is 0.699. The molecule has 3 atom stereocenters. The Bertz CT molecular complexity index is 243. The second-order valence-corrected chi connectivity index (χ2v) is 6.00. The van der Waals surface area contributed by atoms with Crippen molar-refractivity contribution in [2.24, 2.45) is 11.8 Å². The summed E-state index contributed by atoms with van der Waals surface area (Å²) in [5, 5.41) is 3.78. The average Bonchev–Trinajstić information content (AvgIpc) is 3.22. The predicted molar refractivity (Wildman–Crippen MR) is 75.8 cm³/mol. The first kappa shape index (κ1) is 14.3. The fourth-order valence-corrected chi connectivity index (χ4v) is 3.08. The molecule has 0 bridgehead atoms. The van der Waals surface area contributed by atoms with E-state index in [9.17, 15) is 0 Å². The zero-order chi connectivity index (χ0) is 13.0. The van der Waals surface area contributed by atoms with Crippen LogP contribution in [0.1, 0.15) is 40.0 Å². The number of ether oxygens (including phenoxy) is 1. The monoisotopic (exact) mass is 254 g/mol. The van der Waals surface area contributed by atoms with Crippen molar-refractivity contribution < 1.29 is 4.74 Å². The third-order valence-corrected chi connectivity index (χ3v) is 4.71. The summed E-state index contributed by atoms with van der Waals surface area (Å²) in [4.78, 5) is 2.68. The number of hydrogen-bond donors (Lipinski definition) is 1. The summed E-state index contributed by atoms with van der Waals surface area (Å²) < 4.78 is 5.55. The van der Waals surface area contributed by atoms with Gasteiger partial charge in [-0.05, 0) is 31.6 Å². The maximum absolute atomic E-state index is 5.55. The topological polar surface area (TPSA) is 24.5 Å². The highest BCUT2D eigenvalue weighted by Crippen LogP contribution is 2.34. The van der Waals surface area contributed by atoms with E-state index in [4.69, 9.17) is 4.74 Å². The molecule has 0 spiro atoms. The molecule has 1 saturated carbocycles. The van der Waals surface area contributed by atoms with Gasteiger partial charge < -0.3 is 10.1 Å². The van der Waals surface area contributed by atoms with Gasteiger partial charge in [-0.15, -0.1) is 0 Å². The van der Waals surface area contributed by atoms with Crippen molar-refractivity contribution in [3.05, 3.63) is 0 Å². The van der Waals surface area contributed by atoms with Crippen molar-refractivity contribution in [1.29, 1.82) is 0 Å². The third kappa shape index (κ3) is 3.69. The maximum Gasteiger partial charge on any atom is 0.0593 e. The van der Waals surface area contributed by atoms with Crippen molar-refractivity contribution in [3.8, 4) is 0 Å². The number of piperazine rings is 1. The highest BCUT2D eigenvalue weighted by Gasteiger charge is 2.38. The molecule has 1 aliphatic carbocycles. The Labute approximate surface area is 112 Å². The standard InChI is InChI=1S/C15H30N2O/c1-4-12(3)15-10-16-14(13-6-7-13)11-17(15)8-9-18-5-2/h12-16H,4-11H2,1-3H3. The van der Waals surface area contributed by atoms with Gasteiger partial charge in [-0.1, -0.05) is 20.3 Å². The number of hydrogen-bond acceptors (Lipinski definition) is 3. The number of rotatable bonds is 7. The molecule has 106 valence electrons. The van der Waals surface area contributed by atoms with Crippen molar-refractivity contribution >= 4 is 0 Å². The molecule has 1 N–H and O–H groups in total. The van der Waals surface area contributed by atoms with Crippen molar-refractivity contribution in [2.75, 3.05) is 32.8 Å². The lowest BCUT2D eigenvalue weighted by atomic mass is 9.93. The Morgan fingerprint density at radius 1 is 1.33 bits per heavy atom. The van der Waals surface area contributed by atoms with Crippen LogP contribution in [0.3, 0.4) is 0 Å². The van der Waals surface area contributed by atoms with E-state index in [1.54, 1.807) is 0 Å². The number of nitrogens with one attached hydrogen (secondary N) is 1. The molecule has 2 rings (SSSR count). The second kappa shape index (κ2) is 6.88. The van der Waals surface area contributed by atoms with Crippen LogP contribution in [0, 0.1) is 11.8 Å². The van der Waals surface area contributed by atoms with Crippen LogP contribution in [0.25, 0.3) is 0 Å². The molecule has 2 aliphatic rings. The Morgan fingerprint density at radius 3 is 2.72 bits per heavy atom. The second-order valence-electron chi connectivity index (χ2n) is 6.00. The summed E-state index contributed by atoms with van der Waals surface area (Å²) in [5.74, 6) is 1.73. The van der Waals surface area contributed by atoms with Crippen LogP contribution in [0.2, 0.25) is 0 Å². The fraction of sp³-hybridized carbons (Fsp3) is 1.00. The lowest BCUT2D eigenvalue weighted by molar-refractivity contribution is 0.0469. The van der Waals surface area contributed by atoms with Crippen LogP contribution >= 0.6 is 0 Å². The van der Waals surface area contributed by atoms with E-state index in [2.05, 4.69) is 31.0 Å². The largest absolute Gasteiger partial charge is 0.380 e. The molecule has 3 unspecified atom stereocenters. The van der Waals surface area contributed by atoms with Gasteiger partial charge >= 0.3 is 0 Å². The van der Waals surface area contributed by atoms with E-state index in [1.807, 2.05) is 0 Å². The van der Waals surface area contributed by atoms with E-state index in [0.717, 1.165) is 37.6 Å². The Kier molecular flexibility index (Phi) is 5.46. The molecular formula is C15H30N2O. The smallest absolute Gasteiger partial charge is 0.0593 e. The van der Waals surface area contributed by atoms with E-state index in [1.165, 1.54) is 32.4 Å². The molecule has 0 aromatic rings. The molecule has 0 amide bonds. The SMILES string of the molecule is CCOCCN1CC(C2CC2)NCC1C(C)CC. The van der Waals surface area contributed by atoms with Crippen molar-refractivity contribution in [1.82, 2.24) is 10.2 Å². The van der Waals surface area contributed by atoms with Crippen LogP contribution in [0.5, 0.6) is 0 Å². The summed E-state index contributed by atoms with van der Waals surface area (Å²) in [6, 6.07) is 1.44. The van der Waals surface area contributed by atoms with Gasteiger partial charge in [-0.25, -0.2) is 0 Å². The summed E-state index contributed by atoms with van der Waals surface area (Å²) >= 11 is 0. The lowest BCUT2D eigenvalue weighted by Gasteiger charge is -2.43. The van der Waals surface area contributed by atoms with Crippen LogP contribution in [0.15, 0.2) is 0 Å². The average molecular weight is 254 g/mol.